The molecule has 0 saturated heterocycles. The molecule has 4 heterocycles. The Hall–Kier alpha value is -3.48. The van der Waals surface area contributed by atoms with Crippen LogP contribution in [0.25, 0.3) is 16.2 Å². The van der Waals surface area contributed by atoms with E-state index in [1.165, 1.54) is 34.3 Å². The summed E-state index contributed by atoms with van der Waals surface area (Å²) in [5.41, 5.74) is -1.18. The first-order valence-electron chi connectivity index (χ1n) is 10.1. The van der Waals surface area contributed by atoms with E-state index in [-0.39, 0.29) is 39.6 Å². The highest BCUT2D eigenvalue weighted by Gasteiger charge is 2.37. The molecule has 0 spiro atoms. The Morgan fingerprint density at radius 3 is 2.53 bits per heavy atom. The maximum absolute atomic E-state index is 13.8. The molecule has 7 nitrogen and oxygen atoms in total. The third-order valence-corrected chi connectivity index (χ3v) is 6.54. The fraction of sp³-hybridized carbons (Fsp3) is 0.0909. The highest BCUT2D eigenvalue weighted by molar-refractivity contribution is 7.13. The van der Waals surface area contributed by atoms with Crippen molar-refractivity contribution in [2.45, 2.75) is 12.7 Å². The molecular formula is C22H12Cl2F4N6OS. The van der Waals surface area contributed by atoms with Crippen molar-refractivity contribution < 1.29 is 22.4 Å². The lowest BCUT2D eigenvalue weighted by Crippen LogP contribution is -2.16. The molecule has 0 aliphatic rings. The van der Waals surface area contributed by atoms with Crippen LogP contribution < -0.4 is 5.32 Å². The van der Waals surface area contributed by atoms with E-state index in [4.69, 9.17) is 23.2 Å². The molecule has 0 atom stereocenters. The minimum Gasteiger partial charge on any atom is -0.302 e. The molecule has 0 aliphatic heterocycles. The molecule has 184 valence electrons. The normalized spacial score (nSPS) is 11.8. The van der Waals surface area contributed by atoms with Crippen LogP contribution in [0.15, 0.2) is 54.0 Å². The summed E-state index contributed by atoms with van der Waals surface area (Å²) in [5, 5.41) is 11.8. The van der Waals surface area contributed by atoms with Crippen LogP contribution in [0, 0.1) is 5.82 Å². The quantitative estimate of drug-likeness (QED) is 0.254. The number of hydrogen-bond donors (Lipinski definition) is 1. The Morgan fingerprint density at radius 1 is 1.11 bits per heavy atom. The van der Waals surface area contributed by atoms with Crippen molar-refractivity contribution in [1.82, 2.24) is 24.4 Å². The number of halogens is 6. The van der Waals surface area contributed by atoms with E-state index in [1.807, 2.05) is 0 Å². The van der Waals surface area contributed by atoms with Gasteiger partial charge in [0.25, 0.3) is 5.91 Å². The molecule has 1 amide bonds. The number of nitrogens with zero attached hydrogens (tertiary/aromatic N) is 5. The number of alkyl halides is 3. The van der Waals surface area contributed by atoms with E-state index in [9.17, 15) is 22.4 Å². The van der Waals surface area contributed by atoms with Crippen LogP contribution in [0.4, 0.5) is 23.4 Å². The van der Waals surface area contributed by atoms with Crippen molar-refractivity contribution >= 4 is 51.9 Å². The number of rotatable bonds is 5. The Balaban J connectivity index is 1.47. The van der Waals surface area contributed by atoms with E-state index in [2.05, 4.69) is 20.5 Å². The molecule has 1 N–H and O–H groups in total. The summed E-state index contributed by atoms with van der Waals surface area (Å²) in [6, 6.07) is 9.85. The minimum absolute atomic E-state index is 0.0427. The lowest BCUT2D eigenvalue weighted by atomic mass is 10.2. The second-order valence-electron chi connectivity index (χ2n) is 7.50. The van der Waals surface area contributed by atoms with Crippen molar-refractivity contribution in [3.63, 3.8) is 0 Å². The van der Waals surface area contributed by atoms with Gasteiger partial charge in [0.05, 0.1) is 17.1 Å². The number of benzene rings is 1. The Kier molecular flexibility index (Phi) is 6.18. The number of carbonyl (C=O) groups excluding carboxylic acids is 1. The average molecular weight is 555 g/mol. The molecule has 4 aromatic heterocycles. The number of nitrogens with one attached hydrogen (secondary N) is 1. The van der Waals surface area contributed by atoms with E-state index >= 15 is 0 Å². The molecule has 36 heavy (non-hydrogen) atoms. The topological polar surface area (TPSA) is 77.1 Å². The van der Waals surface area contributed by atoms with Crippen LogP contribution in [0.5, 0.6) is 0 Å². The fourth-order valence-electron chi connectivity index (χ4n) is 3.40. The maximum Gasteiger partial charge on any atom is 0.433 e. The van der Waals surface area contributed by atoms with Crippen LogP contribution in [-0.2, 0) is 12.7 Å². The predicted molar refractivity (Wildman–Crippen MR) is 127 cm³/mol. The van der Waals surface area contributed by atoms with Gasteiger partial charge in [-0.2, -0.15) is 23.4 Å². The van der Waals surface area contributed by atoms with Gasteiger partial charge in [-0.15, -0.1) is 11.3 Å². The lowest BCUT2D eigenvalue weighted by Gasteiger charge is -2.10. The van der Waals surface area contributed by atoms with E-state index < -0.39 is 23.5 Å². The second-order valence-corrected chi connectivity index (χ2v) is 9.24. The summed E-state index contributed by atoms with van der Waals surface area (Å²) >= 11 is 13.7. The Labute approximate surface area is 213 Å². The number of anilines is 1. The predicted octanol–water partition coefficient (Wildman–Crippen LogP) is 6.42. The molecule has 0 aliphatic carbocycles. The van der Waals surface area contributed by atoms with Gasteiger partial charge in [0.2, 0.25) is 0 Å². The van der Waals surface area contributed by atoms with Crippen molar-refractivity contribution in [3.8, 4) is 10.6 Å². The summed E-state index contributed by atoms with van der Waals surface area (Å²) in [7, 11) is 0. The first kappa shape index (κ1) is 24.2. The van der Waals surface area contributed by atoms with E-state index in [1.54, 1.807) is 29.6 Å². The highest BCUT2D eigenvalue weighted by Crippen LogP contribution is 2.35. The van der Waals surface area contributed by atoms with Crippen molar-refractivity contribution in [2.75, 3.05) is 5.32 Å². The molecule has 0 saturated carbocycles. The van der Waals surface area contributed by atoms with Crippen LogP contribution in [0.1, 0.15) is 21.7 Å². The third kappa shape index (κ3) is 4.66. The number of carbonyl (C=O) groups is 1. The number of aromatic nitrogens is 5. The van der Waals surface area contributed by atoms with Gasteiger partial charge in [0, 0.05) is 6.20 Å². The van der Waals surface area contributed by atoms with Crippen LogP contribution in [0.3, 0.4) is 0 Å². The summed E-state index contributed by atoms with van der Waals surface area (Å²) in [5.74, 6) is -1.37. The Morgan fingerprint density at radius 2 is 1.86 bits per heavy atom. The molecule has 0 unspecified atom stereocenters. The second kappa shape index (κ2) is 9.19. The largest absolute Gasteiger partial charge is 0.433 e. The zero-order valence-corrected chi connectivity index (χ0v) is 20.1. The van der Waals surface area contributed by atoms with Crippen LogP contribution in [0.2, 0.25) is 10.0 Å². The van der Waals surface area contributed by atoms with Crippen molar-refractivity contribution in [3.05, 3.63) is 86.9 Å². The van der Waals surface area contributed by atoms with E-state index in [0.717, 1.165) is 11.6 Å². The van der Waals surface area contributed by atoms with Gasteiger partial charge in [0.15, 0.2) is 22.9 Å². The zero-order chi connectivity index (χ0) is 25.6. The lowest BCUT2D eigenvalue weighted by molar-refractivity contribution is -0.142. The van der Waals surface area contributed by atoms with Gasteiger partial charge in [0.1, 0.15) is 15.9 Å². The van der Waals surface area contributed by atoms with Gasteiger partial charge < -0.3 is 5.32 Å². The third-order valence-electron chi connectivity index (χ3n) is 5.02. The van der Waals surface area contributed by atoms with E-state index in [0.29, 0.717) is 9.39 Å². The summed E-state index contributed by atoms with van der Waals surface area (Å²) < 4.78 is 56.4. The number of hydrogen-bond acceptors (Lipinski definition) is 5. The molecule has 1 aromatic carbocycles. The van der Waals surface area contributed by atoms with Gasteiger partial charge in [-0.05, 0) is 35.2 Å². The zero-order valence-electron chi connectivity index (χ0n) is 17.7. The van der Waals surface area contributed by atoms with Crippen LogP contribution >= 0.6 is 34.5 Å². The molecule has 14 heteroatoms. The SMILES string of the molecule is O=C(Nc1nn(Cc2ccc(F)cc2)cc1Cl)c1nn2c(C(F)(F)F)cc(-c3cccs3)nc2c1Cl. The average Bonchev–Trinajstić information content (AvgIpc) is 3.55. The summed E-state index contributed by atoms with van der Waals surface area (Å²) in [6.07, 6.45) is -3.36. The Bertz CT molecular complexity index is 1580. The molecular weight excluding hydrogens is 543 g/mol. The minimum atomic E-state index is -4.79. The van der Waals surface area contributed by atoms with Crippen LogP contribution in [-0.4, -0.2) is 30.3 Å². The van der Waals surface area contributed by atoms with Crippen molar-refractivity contribution in [1.29, 1.82) is 0 Å². The summed E-state index contributed by atoms with van der Waals surface area (Å²) in [6.45, 7) is 0.231. The molecule has 5 rings (SSSR count). The smallest absolute Gasteiger partial charge is 0.302 e. The maximum atomic E-state index is 13.8. The summed E-state index contributed by atoms with van der Waals surface area (Å²) in [4.78, 5) is 17.6. The monoisotopic (exact) mass is 554 g/mol. The molecule has 0 radical (unpaired) electrons. The molecule has 0 bridgehead atoms. The number of thiophene rings is 1. The molecule has 5 aromatic rings. The van der Waals surface area contributed by atoms with Gasteiger partial charge in [-0.3, -0.25) is 9.48 Å². The molecule has 0 fully saturated rings. The standard InChI is InChI=1S/C22H12Cl2F4N6OS/c23-13-10-33(9-11-3-5-12(25)6-4-11)32-19(13)30-21(35)18-17(24)20-29-14(15-2-1-7-36-15)8-16(22(26,27)28)34(20)31-18/h1-8,10H,9H2,(H,30,32,35). The van der Waals surface area contributed by atoms with Gasteiger partial charge in [-0.1, -0.05) is 41.4 Å². The van der Waals surface area contributed by atoms with Gasteiger partial charge in [-0.25, -0.2) is 13.9 Å². The first-order chi connectivity index (χ1) is 17.1. The highest BCUT2D eigenvalue weighted by atomic mass is 35.5. The first-order valence-corrected chi connectivity index (χ1v) is 11.7. The van der Waals surface area contributed by atoms with Gasteiger partial charge >= 0.3 is 6.18 Å². The van der Waals surface area contributed by atoms with Crippen molar-refractivity contribution in [2.24, 2.45) is 0 Å². The fourth-order valence-corrected chi connectivity index (χ4v) is 4.53. The number of amides is 1. The number of fused-ring (bicyclic) bond motifs is 1.